The third kappa shape index (κ3) is 1.46. The number of carbonyl (C=O) groups is 1. The van der Waals surface area contributed by atoms with Crippen molar-refractivity contribution in [1.82, 2.24) is 0 Å². The lowest BCUT2D eigenvalue weighted by molar-refractivity contribution is -0.167. The molecular weight excluding hydrogens is 200 g/mol. The monoisotopic (exact) mass is 222 g/mol. The fourth-order valence-electron chi connectivity index (χ4n) is 4.60. The van der Waals surface area contributed by atoms with Crippen molar-refractivity contribution in [2.75, 3.05) is 0 Å². The van der Waals surface area contributed by atoms with Gasteiger partial charge in [-0.1, -0.05) is 19.3 Å². The Morgan fingerprint density at radius 3 is 2.69 bits per heavy atom. The number of hydrogen-bond donors (Lipinski definition) is 1. The van der Waals surface area contributed by atoms with E-state index in [0.717, 1.165) is 32.1 Å². The SMILES string of the molecule is O=C1CC[C@@H]2CCCC[C@H]3CCC[C@]2(O)[C@@H]13. The Balaban J connectivity index is 1.98. The summed E-state index contributed by atoms with van der Waals surface area (Å²) in [4.78, 5) is 12.1. The predicted molar refractivity (Wildman–Crippen MR) is 62.0 cm³/mol. The molecule has 0 aromatic rings. The van der Waals surface area contributed by atoms with E-state index >= 15 is 0 Å². The van der Waals surface area contributed by atoms with Crippen molar-refractivity contribution < 1.29 is 9.90 Å². The van der Waals surface area contributed by atoms with Gasteiger partial charge in [-0.05, 0) is 43.9 Å². The van der Waals surface area contributed by atoms with Crippen LogP contribution in [0.25, 0.3) is 0 Å². The van der Waals surface area contributed by atoms with Crippen LogP contribution in [0.1, 0.15) is 57.8 Å². The first kappa shape index (κ1) is 10.8. The quantitative estimate of drug-likeness (QED) is 0.684. The van der Waals surface area contributed by atoms with Crippen molar-refractivity contribution >= 4 is 5.78 Å². The van der Waals surface area contributed by atoms with E-state index in [2.05, 4.69) is 0 Å². The molecule has 3 rings (SSSR count). The van der Waals surface area contributed by atoms with Gasteiger partial charge in [0, 0.05) is 12.3 Å². The van der Waals surface area contributed by atoms with E-state index in [0.29, 0.717) is 17.6 Å². The average Bonchev–Trinajstić information content (AvgIpc) is 2.26. The van der Waals surface area contributed by atoms with Gasteiger partial charge in [0.2, 0.25) is 0 Å². The van der Waals surface area contributed by atoms with Crippen LogP contribution in [0.3, 0.4) is 0 Å². The molecular formula is C14H22O2. The Morgan fingerprint density at radius 2 is 1.81 bits per heavy atom. The Kier molecular flexibility index (Phi) is 2.58. The minimum atomic E-state index is -0.612. The summed E-state index contributed by atoms with van der Waals surface area (Å²) in [6.45, 7) is 0. The maximum atomic E-state index is 12.1. The molecule has 4 bridgehead atoms. The highest BCUT2D eigenvalue weighted by molar-refractivity contribution is 5.83. The molecule has 16 heavy (non-hydrogen) atoms. The molecule has 3 saturated carbocycles. The molecule has 0 spiro atoms. The summed E-state index contributed by atoms with van der Waals surface area (Å²) in [5.74, 6) is 1.28. The van der Waals surface area contributed by atoms with Crippen LogP contribution in [0.15, 0.2) is 0 Å². The van der Waals surface area contributed by atoms with E-state index in [-0.39, 0.29) is 5.92 Å². The maximum Gasteiger partial charge on any atom is 0.139 e. The summed E-state index contributed by atoms with van der Waals surface area (Å²) in [7, 11) is 0. The average molecular weight is 222 g/mol. The van der Waals surface area contributed by atoms with E-state index in [9.17, 15) is 9.90 Å². The second kappa shape index (κ2) is 3.83. The normalized spacial score (nSPS) is 48.3. The smallest absolute Gasteiger partial charge is 0.139 e. The number of Topliss-reactive ketones (excluding diaryl/α,β-unsaturated/α-hetero) is 1. The molecule has 0 heterocycles. The van der Waals surface area contributed by atoms with Gasteiger partial charge in [0.25, 0.3) is 0 Å². The second-order valence-electron chi connectivity index (χ2n) is 6.11. The van der Waals surface area contributed by atoms with Crippen LogP contribution < -0.4 is 0 Å². The molecule has 0 aromatic carbocycles. The third-order valence-electron chi connectivity index (χ3n) is 5.33. The lowest BCUT2D eigenvalue weighted by Crippen LogP contribution is -2.57. The number of aliphatic hydroxyl groups is 1. The molecule has 2 heteroatoms. The first-order valence-corrected chi connectivity index (χ1v) is 6.97. The molecule has 4 atom stereocenters. The van der Waals surface area contributed by atoms with E-state index in [1.165, 1.54) is 25.7 Å². The molecule has 3 aliphatic carbocycles. The van der Waals surface area contributed by atoms with E-state index < -0.39 is 5.60 Å². The Labute approximate surface area is 97.4 Å². The number of rotatable bonds is 0. The van der Waals surface area contributed by atoms with Crippen molar-refractivity contribution in [1.29, 1.82) is 0 Å². The van der Waals surface area contributed by atoms with Crippen LogP contribution in [-0.2, 0) is 4.79 Å². The fraction of sp³-hybridized carbons (Fsp3) is 0.929. The first-order valence-electron chi connectivity index (χ1n) is 6.97. The van der Waals surface area contributed by atoms with Gasteiger partial charge in [-0.25, -0.2) is 0 Å². The van der Waals surface area contributed by atoms with Gasteiger partial charge in [-0.2, -0.15) is 0 Å². The highest BCUT2D eigenvalue weighted by atomic mass is 16.3. The van der Waals surface area contributed by atoms with Crippen molar-refractivity contribution in [2.24, 2.45) is 17.8 Å². The molecule has 0 aliphatic heterocycles. The van der Waals surface area contributed by atoms with Gasteiger partial charge in [0.1, 0.15) is 5.78 Å². The highest BCUT2D eigenvalue weighted by Gasteiger charge is 2.54. The molecule has 0 aromatic heterocycles. The standard InChI is InChI=1S/C14H22O2/c15-12-8-7-11-6-2-1-4-10-5-3-9-14(11,16)13(10)12/h10-11,13,16H,1-9H2/t10-,11-,13+,14+/m0/s1. The Hall–Kier alpha value is -0.370. The molecule has 0 radical (unpaired) electrons. The zero-order valence-corrected chi connectivity index (χ0v) is 9.95. The summed E-state index contributed by atoms with van der Waals surface area (Å²) >= 11 is 0. The second-order valence-corrected chi connectivity index (χ2v) is 6.11. The molecule has 0 saturated heterocycles. The largest absolute Gasteiger partial charge is 0.389 e. The molecule has 1 N–H and O–H groups in total. The maximum absolute atomic E-state index is 12.1. The van der Waals surface area contributed by atoms with Gasteiger partial charge in [0.05, 0.1) is 5.60 Å². The molecule has 3 aliphatic rings. The third-order valence-corrected chi connectivity index (χ3v) is 5.33. The van der Waals surface area contributed by atoms with E-state index in [1.807, 2.05) is 0 Å². The van der Waals surface area contributed by atoms with Crippen LogP contribution in [0.4, 0.5) is 0 Å². The molecule has 90 valence electrons. The summed E-state index contributed by atoms with van der Waals surface area (Å²) in [6, 6.07) is 0. The predicted octanol–water partition coefficient (Wildman–Crippen LogP) is 2.69. The van der Waals surface area contributed by atoms with Gasteiger partial charge in [-0.15, -0.1) is 0 Å². The zero-order chi connectivity index (χ0) is 11.2. The van der Waals surface area contributed by atoms with Gasteiger partial charge >= 0.3 is 0 Å². The van der Waals surface area contributed by atoms with Crippen molar-refractivity contribution in [2.45, 2.75) is 63.4 Å². The first-order chi connectivity index (χ1) is 7.72. The summed E-state index contributed by atoms with van der Waals surface area (Å²) in [5, 5.41) is 10.9. The number of hydrogen-bond acceptors (Lipinski definition) is 2. The van der Waals surface area contributed by atoms with Crippen LogP contribution in [0.2, 0.25) is 0 Å². The lowest BCUT2D eigenvalue weighted by Gasteiger charge is -2.52. The Bertz CT molecular complexity index is 299. The van der Waals surface area contributed by atoms with Crippen molar-refractivity contribution in [3.05, 3.63) is 0 Å². The number of carbonyl (C=O) groups excluding carboxylic acids is 1. The van der Waals surface area contributed by atoms with Crippen LogP contribution in [-0.4, -0.2) is 16.5 Å². The minimum Gasteiger partial charge on any atom is -0.389 e. The Morgan fingerprint density at radius 1 is 1.06 bits per heavy atom. The molecule has 0 amide bonds. The minimum absolute atomic E-state index is 0.000278. The van der Waals surface area contributed by atoms with Gasteiger partial charge in [0.15, 0.2) is 0 Å². The molecule has 0 unspecified atom stereocenters. The van der Waals surface area contributed by atoms with E-state index in [4.69, 9.17) is 0 Å². The van der Waals surface area contributed by atoms with E-state index in [1.54, 1.807) is 0 Å². The zero-order valence-electron chi connectivity index (χ0n) is 9.95. The van der Waals surface area contributed by atoms with Crippen molar-refractivity contribution in [3.63, 3.8) is 0 Å². The van der Waals surface area contributed by atoms with Crippen LogP contribution in [0, 0.1) is 17.8 Å². The van der Waals surface area contributed by atoms with Crippen LogP contribution in [0.5, 0.6) is 0 Å². The summed E-state index contributed by atoms with van der Waals surface area (Å²) < 4.78 is 0. The van der Waals surface area contributed by atoms with Crippen LogP contribution >= 0.6 is 0 Å². The lowest BCUT2D eigenvalue weighted by atomic mass is 9.55. The van der Waals surface area contributed by atoms with Gasteiger partial charge in [-0.3, -0.25) is 4.79 Å². The van der Waals surface area contributed by atoms with Crippen molar-refractivity contribution in [3.8, 4) is 0 Å². The van der Waals surface area contributed by atoms with Gasteiger partial charge < -0.3 is 5.11 Å². The summed E-state index contributed by atoms with van der Waals surface area (Å²) in [6.07, 6.45) is 9.69. The highest BCUT2D eigenvalue weighted by Crippen LogP contribution is 2.52. The fourth-order valence-corrected chi connectivity index (χ4v) is 4.60. The molecule has 2 nitrogen and oxygen atoms in total. The number of ketones is 1. The topological polar surface area (TPSA) is 37.3 Å². The summed E-state index contributed by atoms with van der Waals surface area (Å²) in [5.41, 5.74) is -0.612. The molecule has 3 fully saturated rings.